The van der Waals surface area contributed by atoms with Gasteiger partial charge in [-0.15, -0.1) is 0 Å². The van der Waals surface area contributed by atoms with Crippen LogP contribution in [0.5, 0.6) is 11.5 Å². The summed E-state index contributed by atoms with van der Waals surface area (Å²) in [5.41, 5.74) is 0.976. The minimum Gasteiger partial charge on any atom is -0.454 e. The number of nitro groups is 1. The summed E-state index contributed by atoms with van der Waals surface area (Å²) in [6.45, 7) is 0.0321. The van der Waals surface area contributed by atoms with Crippen LogP contribution in [0.2, 0.25) is 0 Å². The molecule has 0 N–H and O–H groups in total. The number of nitro benzene ring substituents is 1. The lowest BCUT2D eigenvalue weighted by Crippen LogP contribution is -1.95. The lowest BCUT2D eigenvalue weighted by atomic mass is 10.1. The number of ether oxygens (including phenoxy) is 2. The van der Waals surface area contributed by atoms with Gasteiger partial charge in [0.1, 0.15) is 6.07 Å². The van der Waals surface area contributed by atoms with Crippen molar-refractivity contribution in [2.75, 3.05) is 6.79 Å². The molecule has 0 radical (unpaired) electrons. The second-order valence-electron chi connectivity index (χ2n) is 4.41. The molecule has 0 fully saturated rings. The van der Waals surface area contributed by atoms with Crippen LogP contribution in [0.3, 0.4) is 0 Å². The highest BCUT2D eigenvalue weighted by atomic mass is 16.7. The summed E-state index contributed by atoms with van der Waals surface area (Å²) in [4.78, 5) is 14.8. The molecule has 22 heavy (non-hydrogen) atoms. The number of benzene rings is 2. The third-order valence-electron chi connectivity index (χ3n) is 3.09. The largest absolute Gasteiger partial charge is 0.454 e. The van der Waals surface area contributed by atoms with E-state index in [4.69, 9.17) is 14.7 Å². The Morgan fingerprint density at radius 3 is 2.73 bits per heavy atom. The Balaban J connectivity index is 2.03. The van der Waals surface area contributed by atoms with Gasteiger partial charge >= 0.3 is 0 Å². The standard InChI is InChI=1S/C15H9N3O4/c16-7-10-3-1-2-4-12(10)17-8-11-5-14-15(22-9-21-14)6-13(11)18(19)20/h1-6,8H,9H2. The Hall–Kier alpha value is -3.40. The average molecular weight is 295 g/mol. The van der Waals surface area contributed by atoms with Crippen molar-refractivity contribution >= 4 is 17.6 Å². The van der Waals surface area contributed by atoms with Crippen LogP contribution in [0.1, 0.15) is 11.1 Å². The Bertz CT molecular complexity index is 824. The van der Waals surface area contributed by atoms with Crippen LogP contribution >= 0.6 is 0 Å². The molecule has 0 aliphatic carbocycles. The fourth-order valence-corrected chi connectivity index (χ4v) is 2.03. The fraction of sp³-hybridized carbons (Fsp3) is 0.0667. The highest BCUT2D eigenvalue weighted by molar-refractivity contribution is 5.89. The first-order valence-electron chi connectivity index (χ1n) is 6.30. The van der Waals surface area contributed by atoms with Gasteiger partial charge in [0, 0.05) is 6.21 Å². The lowest BCUT2D eigenvalue weighted by Gasteiger charge is -2.01. The van der Waals surface area contributed by atoms with Crippen molar-refractivity contribution in [3.05, 3.63) is 57.6 Å². The smallest absolute Gasteiger partial charge is 0.282 e. The van der Waals surface area contributed by atoms with Crippen LogP contribution in [-0.2, 0) is 0 Å². The van der Waals surface area contributed by atoms with Crippen molar-refractivity contribution in [1.82, 2.24) is 0 Å². The van der Waals surface area contributed by atoms with Gasteiger partial charge in [0.15, 0.2) is 11.5 Å². The summed E-state index contributed by atoms with van der Waals surface area (Å²) in [6, 6.07) is 11.6. The number of para-hydroxylation sites is 1. The molecular weight excluding hydrogens is 286 g/mol. The Morgan fingerprint density at radius 1 is 1.27 bits per heavy atom. The zero-order valence-electron chi connectivity index (χ0n) is 11.2. The molecule has 0 unspecified atom stereocenters. The normalized spacial score (nSPS) is 12.3. The summed E-state index contributed by atoms with van der Waals surface area (Å²) in [6.07, 6.45) is 1.34. The highest BCUT2D eigenvalue weighted by Crippen LogP contribution is 2.37. The Labute approximate surface area is 125 Å². The van der Waals surface area contributed by atoms with Gasteiger partial charge in [-0.2, -0.15) is 5.26 Å². The van der Waals surface area contributed by atoms with Crippen molar-refractivity contribution in [1.29, 1.82) is 5.26 Å². The molecule has 2 aromatic rings. The van der Waals surface area contributed by atoms with Crippen molar-refractivity contribution in [2.24, 2.45) is 4.99 Å². The van der Waals surface area contributed by atoms with Crippen LogP contribution in [0, 0.1) is 21.4 Å². The summed E-state index contributed by atoms with van der Waals surface area (Å²) in [7, 11) is 0. The van der Waals surface area contributed by atoms with E-state index in [1.165, 1.54) is 18.3 Å². The van der Waals surface area contributed by atoms with E-state index in [9.17, 15) is 10.1 Å². The number of hydrogen-bond acceptors (Lipinski definition) is 6. The van der Waals surface area contributed by atoms with E-state index in [1.807, 2.05) is 6.07 Å². The van der Waals surface area contributed by atoms with Gasteiger partial charge in [-0.3, -0.25) is 15.1 Å². The van der Waals surface area contributed by atoms with Crippen LogP contribution in [0.4, 0.5) is 11.4 Å². The van der Waals surface area contributed by atoms with E-state index in [1.54, 1.807) is 24.3 Å². The summed E-state index contributed by atoms with van der Waals surface area (Å²) in [5.74, 6) is 0.766. The van der Waals surface area contributed by atoms with Crippen molar-refractivity contribution in [2.45, 2.75) is 0 Å². The summed E-state index contributed by atoms with van der Waals surface area (Å²) < 4.78 is 10.3. The molecule has 0 amide bonds. The van der Waals surface area contributed by atoms with E-state index >= 15 is 0 Å². The topological polar surface area (TPSA) is 97.8 Å². The van der Waals surface area contributed by atoms with Crippen molar-refractivity contribution in [3.63, 3.8) is 0 Å². The van der Waals surface area contributed by atoms with Gasteiger partial charge in [0.2, 0.25) is 6.79 Å². The Morgan fingerprint density at radius 2 is 2.00 bits per heavy atom. The third-order valence-corrected chi connectivity index (χ3v) is 3.09. The number of hydrogen-bond donors (Lipinski definition) is 0. The van der Waals surface area contributed by atoms with Gasteiger partial charge in [-0.05, 0) is 18.2 Å². The summed E-state index contributed by atoms with van der Waals surface area (Å²) in [5, 5.41) is 20.2. The maximum absolute atomic E-state index is 11.2. The molecule has 0 aromatic heterocycles. The first kappa shape index (κ1) is 13.6. The van der Waals surface area contributed by atoms with E-state index in [0.29, 0.717) is 22.7 Å². The predicted octanol–water partition coefficient (Wildman–Crippen LogP) is 2.95. The van der Waals surface area contributed by atoms with Crippen LogP contribution in [0.25, 0.3) is 0 Å². The van der Waals surface area contributed by atoms with Gasteiger partial charge in [0.25, 0.3) is 5.69 Å². The molecule has 0 saturated heterocycles. The molecule has 0 bridgehead atoms. The molecule has 7 heteroatoms. The maximum Gasteiger partial charge on any atom is 0.282 e. The molecule has 3 rings (SSSR count). The first-order chi connectivity index (χ1) is 10.7. The zero-order valence-corrected chi connectivity index (χ0v) is 11.2. The minimum absolute atomic E-state index is 0.0321. The van der Waals surface area contributed by atoms with Crippen LogP contribution < -0.4 is 9.47 Å². The van der Waals surface area contributed by atoms with E-state index < -0.39 is 4.92 Å². The van der Waals surface area contributed by atoms with Gasteiger partial charge < -0.3 is 9.47 Å². The first-order valence-corrected chi connectivity index (χ1v) is 6.30. The molecule has 1 aliphatic heterocycles. The monoisotopic (exact) mass is 295 g/mol. The minimum atomic E-state index is -0.514. The van der Waals surface area contributed by atoms with Gasteiger partial charge in [-0.25, -0.2) is 0 Å². The number of rotatable bonds is 3. The van der Waals surface area contributed by atoms with Gasteiger partial charge in [0.05, 0.1) is 27.8 Å². The third kappa shape index (κ3) is 2.45. The number of nitrogens with zero attached hydrogens (tertiary/aromatic N) is 3. The lowest BCUT2D eigenvalue weighted by molar-refractivity contribution is -0.385. The molecule has 7 nitrogen and oxygen atoms in total. The second-order valence-corrected chi connectivity index (χ2v) is 4.41. The second kappa shape index (κ2) is 5.54. The molecule has 108 valence electrons. The highest BCUT2D eigenvalue weighted by Gasteiger charge is 2.22. The predicted molar refractivity (Wildman–Crippen MR) is 77.6 cm³/mol. The van der Waals surface area contributed by atoms with Crippen molar-refractivity contribution in [3.8, 4) is 17.6 Å². The average Bonchev–Trinajstić information content (AvgIpc) is 2.99. The van der Waals surface area contributed by atoms with Gasteiger partial charge in [-0.1, -0.05) is 12.1 Å². The number of fused-ring (bicyclic) bond motifs is 1. The fourth-order valence-electron chi connectivity index (χ4n) is 2.03. The van der Waals surface area contributed by atoms with Crippen LogP contribution in [0.15, 0.2) is 41.4 Å². The summed E-state index contributed by atoms with van der Waals surface area (Å²) >= 11 is 0. The molecule has 0 spiro atoms. The molecule has 0 saturated carbocycles. The number of aliphatic imine (C=N–C) groups is 1. The quantitative estimate of drug-likeness (QED) is 0.492. The molecule has 1 aliphatic rings. The molecule has 0 atom stereocenters. The molecular formula is C15H9N3O4. The van der Waals surface area contributed by atoms with E-state index in [-0.39, 0.29) is 18.0 Å². The van der Waals surface area contributed by atoms with Crippen molar-refractivity contribution < 1.29 is 14.4 Å². The SMILES string of the molecule is N#Cc1ccccc1N=Cc1cc2c(cc1[N+](=O)[O-])OCO2. The molecule has 1 heterocycles. The van der Waals surface area contributed by atoms with E-state index in [2.05, 4.69) is 4.99 Å². The van der Waals surface area contributed by atoms with Crippen LogP contribution in [-0.4, -0.2) is 17.9 Å². The van der Waals surface area contributed by atoms with E-state index in [0.717, 1.165) is 0 Å². The molecule has 2 aromatic carbocycles. The number of nitriles is 1. The zero-order chi connectivity index (χ0) is 15.5. The Kier molecular flexibility index (Phi) is 3.42. The maximum atomic E-state index is 11.2.